The van der Waals surface area contributed by atoms with Gasteiger partial charge in [-0.25, -0.2) is 4.39 Å². The van der Waals surface area contributed by atoms with Gasteiger partial charge in [0.1, 0.15) is 5.82 Å². The van der Waals surface area contributed by atoms with Crippen LogP contribution in [0.1, 0.15) is 22.8 Å². The van der Waals surface area contributed by atoms with E-state index in [9.17, 15) is 14.0 Å². The normalized spacial score (nSPS) is 14.4. The lowest BCUT2D eigenvalue weighted by Crippen LogP contribution is -2.46. The van der Waals surface area contributed by atoms with Crippen LogP contribution in [0.5, 0.6) is 0 Å². The number of anilines is 2. The highest BCUT2D eigenvalue weighted by molar-refractivity contribution is 5.97. The van der Waals surface area contributed by atoms with Gasteiger partial charge in [-0.05, 0) is 29.8 Å². The summed E-state index contributed by atoms with van der Waals surface area (Å²) in [7, 11) is 0. The third kappa shape index (κ3) is 5.55. The number of nitrogens with one attached hydrogen (secondary N) is 2. The molecular weight excluding hydrogens is 385 g/mol. The Balaban J connectivity index is 1.67. The van der Waals surface area contributed by atoms with E-state index in [4.69, 9.17) is 5.73 Å². The number of piperazine rings is 1. The lowest BCUT2D eigenvalue weighted by Gasteiger charge is -2.36. The van der Waals surface area contributed by atoms with E-state index in [1.807, 2.05) is 17.0 Å². The van der Waals surface area contributed by atoms with Crippen molar-refractivity contribution >= 4 is 23.2 Å². The van der Waals surface area contributed by atoms with Crippen LogP contribution in [0.4, 0.5) is 15.8 Å². The van der Waals surface area contributed by atoms with Crippen LogP contribution in [0, 0.1) is 5.82 Å². The van der Waals surface area contributed by atoms with Gasteiger partial charge in [-0.2, -0.15) is 0 Å². The van der Waals surface area contributed by atoms with Crippen LogP contribution in [0.25, 0.3) is 0 Å². The molecule has 1 aliphatic heterocycles. The van der Waals surface area contributed by atoms with E-state index in [0.29, 0.717) is 36.6 Å². The van der Waals surface area contributed by atoms with Crippen molar-refractivity contribution in [3.05, 3.63) is 59.4 Å². The quantitative estimate of drug-likeness (QED) is 0.644. The third-order valence-electron chi connectivity index (χ3n) is 5.07. The van der Waals surface area contributed by atoms with Gasteiger partial charge in [0.05, 0.1) is 5.69 Å². The van der Waals surface area contributed by atoms with Gasteiger partial charge in [-0.3, -0.25) is 14.5 Å². The number of rotatable bonds is 7. The first-order chi connectivity index (χ1) is 14.5. The Morgan fingerprint density at radius 2 is 1.83 bits per heavy atom. The molecule has 30 heavy (non-hydrogen) atoms. The van der Waals surface area contributed by atoms with Gasteiger partial charge in [0.2, 0.25) is 5.91 Å². The van der Waals surface area contributed by atoms with Gasteiger partial charge >= 0.3 is 0 Å². The van der Waals surface area contributed by atoms with E-state index in [0.717, 1.165) is 31.7 Å². The summed E-state index contributed by atoms with van der Waals surface area (Å²) in [6.07, 6.45) is 0. The molecule has 1 heterocycles. The van der Waals surface area contributed by atoms with Crippen LogP contribution in [0.15, 0.2) is 42.5 Å². The molecule has 7 nitrogen and oxygen atoms in total. The second-order valence-corrected chi connectivity index (χ2v) is 7.31. The largest absolute Gasteiger partial charge is 0.367 e. The SMILES string of the molecule is CC(=O)Nc1cc(C(=O)NCCN)ccc1CN1CCN(c2ccccc2F)CC1. The fourth-order valence-electron chi connectivity index (χ4n) is 3.55. The molecule has 0 atom stereocenters. The molecule has 0 unspecified atom stereocenters. The Hall–Kier alpha value is -2.97. The van der Waals surface area contributed by atoms with Crippen LogP contribution in [0.2, 0.25) is 0 Å². The summed E-state index contributed by atoms with van der Waals surface area (Å²) in [5.41, 5.74) is 8.09. The number of amides is 2. The van der Waals surface area contributed by atoms with Crippen molar-refractivity contribution in [2.24, 2.45) is 5.73 Å². The molecule has 1 fully saturated rings. The molecule has 0 spiro atoms. The summed E-state index contributed by atoms with van der Waals surface area (Å²) in [6, 6.07) is 12.1. The standard InChI is InChI=1S/C22H28FN5O2/c1-16(29)26-20-14-17(22(30)25-9-8-24)6-7-18(20)15-27-10-12-28(13-11-27)21-5-3-2-4-19(21)23/h2-7,14H,8-13,15,24H2,1H3,(H,25,30)(H,26,29). The first-order valence-electron chi connectivity index (χ1n) is 10.1. The molecule has 0 aliphatic carbocycles. The Morgan fingerprint density at radius 1 is 1.10 bits per heavy atom. The van der Waals surface area contributed by atoms with E-state index in [1.165, 1.54) is 13.0 Å². The van der Waals surface area contributed by atoms with Gasteiger partial charge < -0.3 is 21.3 Å². The second kappa shape index (κ2) is 10.2. The average Bonchev–Trinajstić information content (AvgIpc) is 2.74. The zero-order valence-corrected chi connectivity index (χ0v) is 17.2. The van der Waals surface area contributed by atoms with Crippen molar-refractivity contribution in [1.82, 2.24) is 10.2 Å². The maximum atomic E-state index is 14.0. The number of carbonyl (C=O) groups excluding carboxylic acids is 2. The van der Waals surface area contributed by atoms with Gasteiger partial charge in [0.25, 0.3) is 5.91 Å². The summed E-state index contributed by atoms with van der Waals surface area (Å²) in [5.74, 6) is -0.625. The third-order valence-corrected chi connectivity index (χ3v) is 5.07. The van der Waals surface area contributed by atoms with Crippen molar-refractivity contribution < 1.29 is 14.0 Å². The number of nitrogens with zero attached hydrogens (tertiary/aromatic N) is 2. The minimum absolute atomic E-state index is 0.194. The molecule has 1 aliphatic rings. The van der Waals surface area contributed by atoms with Crippen LogP contribution in [0.3, 0.4) is 0 Å². The smallest absolute Gasteiger partial charge is 0.251 e. The molecule has 4 N–H and O–H groups in total. The molecule has 2 aromatic carbocycles. The summed E-state index contributed by atoms with van der Waals surface area (Å²) in [5, 5.41) is 5.56. The Bertz CT molecular complexity index is 897. The first-order valence-corrected chi connectivity index (χ1v) is 10.1. The molecule has 0 aromatic heterocycles. The number of hydrogen-bond acceptors (Lipinski definition) is 5. The minimum Gasteiger partial charge on any atom is -0.367 e. The molecule has 2 aromatic rings. The highest BCUT2D eigenvalue weighted by Crippen LogP contribution is 2.23. The van der Waals surface area contributed by atoms with Crippen molar-refractivity contribution in [3.8, 4) is 0 Å². The number of para-hydroxylation sites is 1. The van der Waals surface area contributed by atoms with Gasteiger partial charge in [-0.15, -0.1) is 0 Å². The van der Waals surface area contributed by atoms with Gasteiger partial charge in [0, 0.05) is 64.0 Å². The molecule has 0 bridgehead atoms. The molecule has 160 valence electrons. The van der Waals surface area contributed by atoms with E-state index >= 15 is 0 Å². The molecule has 1 saturated heterocycles. The second-order valence-electron chi connectivity index (χ2n) is 7.31. The maximum absolute atomic E-state index is 14.0. The van der Waals surface area contributed by atoms with Crippen LogP contribution in [-0.4, -0.2) is 56.0 Å². The van der Waals surface area contributed by atoms with Gasteiger partial charge in [0.15, 0.2) is 0 Å². The Labute approximate surface area is 176 Å². The van der Waals surface area contributed by atoms with Crippen molar-refractivity contribution in [3.63, 3.8) is 0 Å². The first kappa shape index (κ1) is 21.7. The highest BCUT2D eigenvalue weighted by atomic mass is 19.1. The van der Waals surface area contributed by atoms with E-state index < -0.39 is 0 Å². The van der Waals surface area contributed by atoms with E-state index in [2.05, 4.69) is 15.5 Å². The fraction of sp³-hybridized carbons (Fsp3) is 0.364. The monoisotopic (exact) mass is 413 g/mol. The predicted molar refractivity (Wildman–Crippen MR) is 116 cm³/mol. The van der Waals surface area contributed by atoms with E-state index in [-0.39, 0.29) is 17.6 Å². The average molecular weight is 413 g/mol. The number of carbonyl (C=O) groups is 2. The topological polar surface area (TPSA) is 90.7 Å². The predicted octanol–water partition coefficient (Wildman–Crippen LogP) is 1.79. The number of benzene rings is 2. The number of halogens is 1. The minimum atomic E-state index is -0.225. The lowest BCUT2D eigenvalue weighted by atomic mass is 10.1. The molecule has 0 radical (unpaired) electrons. The summed E-state index contributed by atoms with van der Waals surface area (Å²) in [6.45, 7) is 5.80. The van der Waals surface area contributed by atoms with Crippen LogP contribution >= 0.6 is 0 Å². The van der Waals surface area contributed by atoms with Crippen LogP contribution < -0.4 is 21.3 Å². The summed E-state index contributed by atoms with van der Waals surface area (Å²) >= 11 is 0. The highest BCUT2D eigenvalue weighted by Gasteiger charge is 2.20. The Morgan fingerprint density at radius 3 is 2.50 bits per heavy atom. The maximum Gasteiger partial charge on any atom is 0.251 e. The van der Waals surface area contributed by atoms with Crippen molar-refractivity contribution in [2.45, 2.75) is 13.5 Å². The summed E-state index contributed by atoms with van der Waals surface area (Å²) in [4.78, 5) is 28.2. The van der Waals surface area contributed by atoms with Crippen molar-refractivity contribution in [2.75, 3.05) is 49.5 Å². The molecule has 8 heteroatoms. The number of nitrogens with two attached hydrogens (primary N) is 1. The molecule has 2 amide bonds. The Kier molecular flexibility index (Phi) is 7.37. The van der Waals surface area contributed by atoms with E-state index in [1.54, 1.807) is 24.3 Å². The molecular formula is C22H28FN5O2. The van der Waals surface area contributed by atoms with Gasteiger partial charge in [-0.1, -0.05) is 18.2 Å². The zero-order valence-electron chi connectivity index (χ0n) is 17.2. The summed E-state index contributed by atoms with van der Waals surface area (Å²) < 4.78 is 14.0. The van der Waals surface area contributed by atoms with Crippen molar-refractivity contribution in [1.29, 1.82) is 0 Å². The fourth-order valence-corrected chi connectivity index (χ4v) is 3.55. The lowest BCUT2D eigenvalue weighted by molar-refractivity contribution is -0.114. The zero-order chi connectivity index (χ0) is 21.5. The molecule has 3 rings (SSSR count). The molecule has 0 saturated carbocycles. The number of hydrogen-bond donors (Lipinski definition) is 3. The van der Waals surface area contributed by atoms with Crippen LogP contribution in [-0.2, 0) is 11.3 Å².